The number of nitrogens with one attached hydrogen (secondary N) is 2. The van der Waals surface area contributed by atoms with Gasteiger partial charge < -0.3 is 10.6 Å². The maximum atomic E-state index is 13.6. The molecular formula is C19H14F4N4O. The molecular weight excluding hydrogens is 376 g/mol. The van der Waals surface area contributed by atoms with Gasteiger partial charge in [0.25, 0.3) is 5.91 Å². The van der Waals surface area contributed by atoms with Crippen molar-refractivity contribution in [3.05, 3.63) is 83.3 Å². The molecule has 1 aromatic heterocycles. The number of anilines is 2. The maximum Gasteiger partial charge on any atom is 0.271 e. The predicted octanol–water partition coefficient (Wildman–Crippen LogP) is 3.75. The van der Waals surface area contributed by atoms with Crippen LogP contribution in [0.5, 0.6) is 0 Å². The Hall–Kier alpha value is -3.49. The van der Waals surface area contributed by atoms with Crippen LogP contribution in [0.1, 0.15) is 16.1 Å². The minimum atomic E-state index is -1.60. The zero-order valence-corrected chi connectivity index (χ0v) is 14.3. The van der Waals surface area contributed by atoms with Crippen LogP contribution in [0.3, 0.4) is 0 Å². The van der Waals surface area contributed by atoms with Crippen molar-refractivity contribution in [1.82, 2.24) is 15.3 Å². The number of hydrogen-bond acceptors (Lipinski definition) is 4. The molecule has 2 aromatic carbocycles. The lowest BCUT2D eigenvalue weighted by molar-refractivity contribution is 0.0949. The molecule has 0 fully saturated rings. The van der Waals surface area contributed by atoms with Crippen molar-refractivity contribution in [1.29, 1.82) is 0 Å². The Labute approximate surface area is 157 Å². The van der Waals surface area contributed by atoms with Crippen LogP contribution in [0.15, 0.2) is 48.8 Å². The van der Waals surface area contributed by atoms with Crippen molar-refractivity contribution in [2.75, 3.05) is 11.9 Å². The van der Waals surface area contributed by atoms with Crippen LogP contribution in [-0.4, -0.2) is 22.4 Å². The number of halogens is 4. The Morgan fingerprint density at radius 2 is 1.64 bits per heavy atom. The summed E-state index contributed by atoms with van der Waals surface area (Å²) in [6.45, 7) is 0.312. The Morgan fingerprint density at radius 1 is 0.893 bits per heavy atom. The molecule has 0 aliphatic heterocycles. The molecule has 0 saturated carbocycles. The van der Waals surface area contributed by atoms with Gasteiger partial charge in [-0.15, -0.1) is 0 Å². The van der Waals surface area contributed by atoms with Gasteiger partial charge in [0.1, 0.15) is 17.3 Å². The van der Waals surface area contributed by atoms with Crippen molar-refractivity contribution < 1.29 is 22.4 Å². The fourth-order valence-electron chi connectivity index (χ4n) is 2.33. The quantitative estimate of drug-likeness (QED) is 0.497. The van der Waals surface area contributed by atoms with E-state index in [2.05, 4.69) is 20.6 Å². The molecule has 0 spiro atoms. The van der Waals surface area contributed by atoms with Gasteiger partial charge >= 0.3 is 0 Å². The Bertz CT molecular complexity index is 978. The number of carbonyl (C=O) groups excluding carboxylic acids is 1. The topological polar surface area (TPSA) is 66.9 Å². The summed E-state index contributed by atoms with van der Waals surface area (Å²) in [5.74, 6) is -5.05. The average Bonchev–Trinajstić information content (AvgIpc) is 2.70. The normalized spacial score (nSPS) is 10.6. The fraction of sp³-hybridized carbons (Fsp3) is 0.105. The second-order valence-corrected chi connectivity index (χ2v) is 5.77. The Morgan fingerprint density at radius 3 is 2.32 bits per heavy atom. The molecule has 0 bridgehead atoms. The van der Waals surface area contributed by atoms with Crippen LogP contribution in [0.4, 0.5) is 29.1 Å². The molecule has 3 aromatic rings. The van der Waals surface area contributed by atoms with Gasteiger partial charge in [0.15, 0.2) is 17.5 Å². The van der Waals surface area contributed by atoms with Crippen molar-refractivity contribution in [3.8, 4) is 0 Å². The summed E-state index contributed by atoms with van der Waals surface area (Å²) in [6.07, 6.45) is 2.83. The molecule has 9 heteroatoms. The number of carbonyl (C=O) groups is 1. The standard InChI is InChI=1S/C19H14F4N4O/c20-12-3-1-11(2-4-12)7-8-24-19(28)15-9-26-16(10-25-15)27-14-6-5-13(21)17(22)18(14)23/h1-6,9-10H,7-8H2,(H,24,28)(H,26,27). The van der Waals surface area contributed by atoms with Crippen molar-refractivity contribution >= 4 is 17.4 Å². The van der Waals surface area contributed by atoms with E-state index in [1.807, 2.05) is 0 Å². The van der Waals surface area contributed by atoms with Crippen molar-refractivity contribution in [3.63, 3.8) is 0 Å². The Kier molecular flexibility index (Phi) is 5.83. The number of aromatic nitrogens is 2. The van der Waals surface area contributed by atoms with E-state index in [1.165, 1.54) is 12.1 Å². The van der Waals surface area contributed by atoms with Crippen LogP contribution in [0, 0.1) is 23.3 Å². The third-order valence-electron chi connectivity index (χ3n) is 3.79. The summed E-state index contributed by atoms with van der Waals surface area (Å²) in [5, 5.41) is 5.11. The van der Waals surface area contributed by atoms with Crippen LogP contribution < -0.4 is 10.6 Å². The first-order valence-corrected chi connectivity index (χ1v) is 8.19. The van der Waals surface area contributed by atoms with Gasteiger partial charge in [0.05, 0.1) is 18.1 Å². The monoisotopic (exact) mass is 390 g/mol. The molecule has 2 N–H and O–H groups in total. The lowest BCUT2D eigenvalue weighted by Crippen LogP contribution is -2.26. The third kappa shape index (κ3) is 4.61. The SMILES string of the molecule is O=C(NCCc1ccc(F)cc1)c1cnc(Nc2ccc(F)c(F)c2F)cn1. The van der Waals surface area contributed by atoms with Gasteiger partial charge in [-0.1, -0.05) is 12.1 Å². The van der Waals surface area contributed by atoms with E-state index in [0.29, 0.717) is 13.0 Å². The molecule has 1 amide bonds. The van der Waals surface area contributed by atoms with E-state index >= 15 is 0 Å². The summed E-state index contributed by atoms with van der Waals surface area (Å²) >= 11 is 0. The van der Waals surface area contributed by atoms with E-state index in [0.717, 1.165) is 30.1 Å². The maximum absolute atomic E-state index is 13.6. The number of amides is 1. The van der Waals surface area contributed by atoms with Gasteiger partial charge in [-0.05, 0) is 36.2 Å². The van der Waals surface area contributed by atoms with Gasteiger partial charge in [-0.2, -0.15) is 0 Å². The molecule has 0 radical (unpaired) electrons. The van der Waals surface area contributed by atoms with Crippen molar-refractivity contribution in [2.24, 2.45) is 0 Å². The lowest BCUT2D eigenvalue weighted by atomic mass is 10.1. The molecule has 0 atom stereocenters. The van der Waals surface area contributed by atoms with E-state index < -0.39 is 23.4 Å². The average molecular weight is 390 g/mol. The highest BCUT2D eigenvalue weighted by atomic mass is 19.2. The van der Waals surface area contributed by atoms with Crippen molar-refractivity contribution in [2.45, 2.75) is 6.42 Å². The van der Waals surface area contributed by atoms with Gasteiger partial charge in [0, 0.05) is 6.54 Å². The molecule has 0 aliphatic carbocycles. The van der Waals surface area contributed by atoms with E-state index in [1.54, 1.807) is 12.1 Å². The zero-order chi connectivity index (χ0) is 20.1. The van der Waals surface area contributed by atoms with E-state index in [9.17, 15) is 22.4 Å². The molecule has 1 heterocycles. The first-order chi connectivity index (χ1) is 13.4. The first-order valence-electron chi connectivity index (χ1n) is 8.19. The van der Waals surface area contributed by atoms with Crippen LogP contribution in [0.2, 0.25) is 0 Å². The molecule has 144 valence electrons. The highest BCUT2D eigenvalue weighted by molar-refractivity contribution is 5.92. The fourth-order valence-corrected chi connectivity index (χ4v) is 2.33. The van der Waals surface area contributed by atoms with Gasteiger partial charge in [0.2, 0.25) is 0 Å². The second kappa shape index (κ2) is 8.47. The largest absolute Gasteiger partial charge is 0.350 e. The zero-order valence-electron chi connectivity index (χ0n) is 14.3. The van der Waals surface area contributed by atoms with Crippen LogP contribution >= 0.6 is 0 Å². The summed E-state index contributed by atoms with van der Waals surface area (Å²) in [6, 6.07) is 7.72. The summed E-state index contributed by atoms with van der Waals surface area (Å²) in [4.78, 5) is 19.9. The molecule has 28 heavy (non-hydrogen) atoms. The number of nitrogens with zero attached hydrogens (tertiary/aromatic N) is 2. The molecule has 0 unspecified atom stereocenters. The second-order valence-electron chi connectivity index (χ2n) is 5.77. The molecule has 0 saturated heterocycles. The minimum absolute atomic E-state index is 0.0235. The Balaban J connectivity index is 1.57. The minimum Gasteiger partial charge on any atom is -0.350 e. The van der Waals surface area contributed by atoms with Gasteiger partial charge in [-0.3, -0.25) is 4.79 Å². The molecule has 0 aliphatic rings. The summed E-state index contributed by atoms with van der Waals surface area (Å²) in [7, 11) is 0. The summed E-state index contributed by atoms with van der Waals surface area (Å²) in [5.41, 5.74) is 0.570. The highest BCUT2D eigenvalue weighted by Gasteiger charge is 2.14. The number of hydrogen-bond donors (Lipinski definition) is 2. The molecule has 5 nitrogen and oxygen atoms in total. The first kappa shape index (κ1) is 19.3. The smallest absolute Gasteiger partial charge is 0.271 e. The lowest BCUT2D eigenvalue weighted by Gasteiger charge is -2.08. The predicted molar refractivity (Wildman–Crippen MR) is 94.1 cm³/mol. The van der Waals surface area contributed by atoms with Crippen LogP contribution in [0.25, 0.3) is 0 Å². The number of benzene rings is 2. The third-order valence-corrected chi connectivity index (χ3v) is 3.79. The molecule has 3 rings (SSSR count). The van der Waals surface area contributed by atoms with Crippen LogP contribution in [-0.2, 0) is 6.42 Å². The summed E-state index contributed by atoms with van der Waals surface area (Å²) < 4.78 is 52.7. The number of rotatable bonds is 6. The van der Waals surface area contributed by atoms with E-state index in [-0.39, 0.29) is 23.0 Å². The highest BCUT2D eigenvalue weighted by Crippen LogP contribution is 2.22. The van der Waals surface area contributed by atoms with E-state index in [4.69, 9.17) is 0 Å². The van der Waals surface area contributed by atoms with Gasteiger partial charge in [-0.25, -0.2) is 27.5 Å².